The van der Waals surface area contributed by atoms with E-state index in [-0.39, 0.29) is 34.9 Å². The molecule has 3 aliphatic rings. The minimum absolute atomic E-state index is 0.0222. The van der Waals surface area contributed by atoms with Crippen LogP contribution in [-0.2, 0) is 15.0 Å². The topological polar surface area (TPSA) is 90.5 Å². The van der Waals surface area contributed by atoms with Crippen molar-refractivity contribution in [2.45, 2.75) is 88.4 Å². The van der Waals surface area contributed by atoms with E-state index < -0.39 is 35.1 Å². The Morgan fingerprint density at radius 1 is 1.16 bits per heavy atom. The Morgan fingerprint density at radius 3 is 2.55 bits per heavy atom. The summed E-state index contributed by atoms with van der Waals surface area (Å²) in [6.07, 6.45) is 2.52. The van der Waals surface area contributed by atoms with Crippen LogP contribution >= 0.6 is 11.6 Å². The summed E-state index contributed by atoms with van der Waals surface area (Å²) in [5.41, 5.74) is -0.542. The van der Waals surface area contributed by atoms with Gasteiger partial charge in [0.05, 0.1) is 12.1 Å². The summed E-state index contributed by atoms with van der Waals surface area (Å²) >= 11 is 6.25. The van der Waals surface area contributed by atoms with Gasteiger partial charge in [0.15, 0.2) is 11.6 Å². The lowest BCUT2D eigenvalue weighted by atomic mass is 9.62. The second-order valence-corrected chi connectivity index (χ2v) is 12.5. The summed E-state index contributed by atoms with van der Waals surface area (Å²) in [7, 11) is 0. The molecule has 4 N–H and O–H groups in total. The number of nitrogens with one attached hydrogen (secondary N) is 3. The zero-order valence-corrected chi connectivity index (χ0v) is 22.5. The van der Waals surface area contributed by atoms with Crippen LogP contribution in [0.5, 0.6) is 0 Å². The lowest BCUT2D eigenvalue weighted by molar-refractivity contribution is -0.124. The highest BCUT2D eigenvalue weighted by atomic mass is 35.5. The van der Waals surface area contributed by atoms with Crippen LogP contribution in [0.15, 0.2) is 36.4 Å². The minimum Gasteiger partial charge on any atom is -0.393 e. The number of anilines is 1. The Hall–Kier alpha value is -2.55. The number of hydrogen-bond donors (Lipinski definition) is 4. The van der Waals surface area contributed by atoms with Crippen molar-refractivity contribution in [1.29, 1.82) is 0 Å². The molecular formula is C29H34ClF2N3O3. The maximum atomic E-state index is 15.5. The van der Waals surface area contributed by atoms with Crippen LogP contribution in [-0.4, -0.2) is 41.2 Å². The molecular weight excluding hydrogens is 512 g/mol. The van der Waals surface area contributed by atoms with Gasteiger partial charge in [-0.2, -0.15) is 0 Å². The Kier molecular flexibility index (Phi) is 7.03. The fourth-order valence-corrected chi connectivity index (χ4v) is 6.84. The first kappa shape index (κ1) is 27.0. The zero-order chi connectivity index (χ0) is 27.4. The average molecular weight is 546 g/mol. The normalized spacial score (nSPS) is 30.8. The second-order valence-electron chi connectivity index (χ2n) is 12.1. The smallest absolute Gasteiger partial charge is 0.238 e. The highest BCUT2D eigenvalue weighted by Gasteiger charge is 2.66. The molecule has 0 bridgehead atoms. The number of rotatable bonds is 4. The van der Waals surface area contributed by atoms with Gasteiger partial charge < -0.3 is 21.1 Å². The highest BCUT2D eigenvalue weighted by Crippen LogP contribution is 2.57. The number of aliphatic hydroxyl groups is 1. The van der Waals surface area contributed by atoms with Crippen molar-refractivity contribution in [2.24, 2.45) is 5.41 Å². The number of carbonyl (C=O) groups excluding carboxylic acids is 2. The summed E-state index contributed by atoms with van der Waals surface area (Å²) in [5, 5.41) is 19.7. The van der Waals surface area contributed by atoms with E-state index in [1.54, 1.807) is 18.2 Å². The fraction of sp³-hybridized carbons (Fsp3) is 0.517. The van der Waals surface area contributed by atoms with E-state index in [0.717, 1.165) is 6.07 Å². The first-order valence-electron chi connectivity index (χ1n) is 13.2. The monoisotopic (exact) mass is 545 g/mol. The molecule has 5 rings (SSSR count). The van der Waals surface area contributed by atoms with Crippen molar-refractivity contribution in [3.8, 4) is 0 Å². The van der Waals surface area contributed by atoms with Crippen molar-refractivity contribution in [2.75, 3.05) is 5.32 Å². The van der Waals surface area contributed by atoms with E-state index in [2.05, 4.69) is 16.0 Å². The van der Waals surface area contributed by atoms with Gasteiger partial charge in [0, 0.05) is 28.7 Å². The predicted molar refractivity (Wildman–Crippen MR) is 142 cm³/mol. The first-order chi connectivity index (χ1) is 17.9. The molecule has 1 saturated carbocycles. The molecule has 9 heteroatoms. The maximum absolute atomic E-state index is 15.5. The minimum atomic E-state index is -1.38. The molecule has 2 aromatic rings. The number of halogens is 3. The molecule has 4 atom stereocenters. The molecule has 0 unspecified atom stereocenters. The molecule has 1 aliphatic carbocycles. The Labute approximate surface area is 226 Å². The van der Waals surface area contributed by atoms with Gasteiger partial charge in [-0.25, -0.2) is 8.78 Å². The summed E-state index contributed by atoms with van der Waals surface area (Å²) in [5.74, 6) is -3.87. The quantitative estimate of drug-likeness (QED) is 0.445. The molecule has 1 spiro atoms. The van der Waals surface area contributed by atoms with Crippen molar-refractivity contribution >= 4 is 29.1 Å². The molecule has 2 amide bonds. The lowest BCUT2D eigenvalue weighted by Crippen LogP contribution is -2.50. The average Bonchev–Trinajstić information content (AvgIpc) is 3.31. The summed E-state index contributed by atoms with van der Waals surface area (Å²) in [4.78, 5) is 28.0. The van der Waals surface area contributed by atoms with E-state index in [1.807, 2.05) is 20.8 Å². The van der Waals surface area contributed by atoms with Crippen molar-refractivity contribution < 1.29 is 23.5 Å². The van der Waals surface area contributed by atoms with Crippen LogP contribution in [0.1, 0.15) is 69.9 Å². The number of amides is 2. The highest BCUT2D eigenvalue weighted by molar-refractivity contribution is 6.31. The molecule has 38 heavy (non-hydrogen) atoms. The third-order valence-corrected chi connectivity index (χ3v) is 8.50. The molecule has 2 aromatic carbocycles. The Morgan fingerprint density at radius 2 is 1.87 bits per heavy atom. The van der Waals surface area contributed by atoms with Crippen LogP contribution in [0.25, 0.3) is 0 Å². The largest absolute Gasteiger partial charge is 0.393 e. The fourth-order valence-electron chi connectivity index (χ4n) is 6.66. The molecule has 6 nitrogen and oxygen atoms in total. The predicted octanol–water partition coefficient (Wildman–Crippen LogP) is 4.79. The SMILES string of the molecule is CC(C)(C)C[C@H]1N[C@@H](C(=O)NC2CCC(O)CC2)[C@H](c2cccc(F)c2F)[C@@]12C(=O)Nc1cc(Cl)ccc12. The maximum Gasteiger partial charge on any atom is 0.238 e. The number of benzene rings is 2. The summed E-state index contributed by atoms with van der Waals surface area (Å²) in [6.45, 7) is 6.11. The lowest BCUT2D eigenvalue weighted by Gasteiger charge is -2.37. The molecule has 2 fully saturated rings. The molecule has 0 aromatic heterocycles. The summed E-state index contributed by atoms with van der Waals surface area (Å²) in [6, 6.07) is 7.28. The van der Waals surface area contributed by atoms with Crippen LogP contribution in [0.2, 0.25) is 5.02 Å². The standard InChI is InChI=1S/C29H34ClF2N3O3/c1-28(2,3)14-22-29(19-12-7-15(30)13-21(19)34-27(29)38)23(18-5-4-6-20(31)24(18)32)25(35-22)26(37)33-16-8-10-17(36)11-9-16/h4-7,12-13,16-17,22-23,25,35-36H,8-11,14H2,1-3H3,(H,33,37)(H,34,38)/t16?,17?,22-,23+,25-,29+/m1/s1. The third kappa shape index (κ3) is 4.61. The number of carbonyl (C=O) groups is 2. The molecule has 204 valence electrons. The Balaban J connectivity index is 1.67. The van der Waals surface area contributed by atoms with Gasteiger partial charge in [-0.1, -0.05) is 50.6 Å². The van der Waals surface area contributed by atoms with Gasteiger partial charge in [-0.15, -0.1) is 0 Å². The van der Waals surface area contributed by atoms with Gasteiger partial charge in [0.2, 0.25) is 11.8 Å². The molecule has 1 saturated heterocycles. The molecule has 0 radical (unpaired) electrons. The van der Waals surface area contributed by atoms with Crippen LogP contribution < -0.4 is 16.0 Å². The van der Waals surface area contributed by atoms with Gasteiger partial charge in [0.25, 0.3) is 0 Å². The van der Waals surface area contributed by atoms with Gasteiger partial charge in [-0.3, -0.25) is 9.59 Å². The van der Waals surface area contributed by atoms with E-state index >= 15 is 4.39 Å². The number of aliphatic hydroxyl groups excluding tert-OH is 1. The zero-order valence-electron chi connectivity index (χ0n) is 21.8. The van der Waals surface area contributed by atoms with Crippen LogP contribution in [0.4, 0.5) is 14.5 Å². The second kappa shape index (κ2) is 9.88. The van der Waals surface area contributed by atoms with E-state index in [0.29, 0.717) is 48.4 Å². The van der Waals surface area contributed by atoms with E-state index in [9.17, 15) is 19.1 Å². The third-order valence-electron chi connectivity index (χ3n) is 8.26. The van der Waals surface area contributed by atoms with Gasteiger partial charge >= 0.3 is 0 Å². The van der Waals surface area contributed by atoms with Gasteiger partial charge in [0.1, 0.15) is 5.41 Å². The van der Waals surface area contributed by atoms with E-state index in [4.69, 9.17) is 11.6 Å². The van der Waals surface area contributed by atoms with Crippen molar-refractivity contribution in [3.05, 3.63) is 64.2 Å². The van der Waals surface area contributed by atoms with Crippen LogP contribution in [0.3, 0.4) is 0 Å². The first-order valence-corrected chi connectivity index (χ1v) is 13.6. The van der Waals surface area contributed by atoms with Crippen molar-refractivity contribution in [3.63, 3.8) is 0 Å². The van der Waals surface area contributed by atoms with Crippen LogP contribution in [0, 0.1) is 17.0 Å². The molecule has 2 aliphatic heterocycles. The number of fused-ring (bicyclic) bond motifs is 2. The number of hydrogen-bond acceptors (Lipinski definition) is 4. The summed E-state index contributed by atoms with van der Waals surface area (Å²) < 4.78 is 30.2. The Bertz CT molecular complexity index is 1260. The van der Waals surface area contributed by atoms with Gasteiger partial charge in [-0.05, 0) is 66.8 Å². The van der Waals surface area contributed by atoms with Crippen molar-refractivity contribution in [1.82, 2.24) is 10.6 Å². The van der Waals surface area contributed by atoms with E-state index in [1.165, 1.54) is 12.1 Å². The molecule has 2 heterocycles.